The molecule has 0 aliphatic carbocycles. The number of hydrogen-bond donors (Lipinski definition) is 2. The number of ether oxygens (including phenoxy) is 1. The summed E-state index contributed by atoms with van der Waals surface area (Å²) >= 11 is 3.29. The van der Waals surface area contributed by atoms with E-state index in [1.165, 1.54) is 12.1 Å². The van der Waals surface area contributed by atoms with Crippen molar-refractivity contribution in [3.63, 3.8) is 0 Å². The van der Waals surface area contributed by atoms with Gasteiger partial charge >= 0.3 is 6.18 Å². The number of carbonyl (C=O) groups excluding carboxylic acids is 2. The second-order valence-corrected chi connectivity index (χ2v) is 6.38. The third kappa shape index (κ3) is 7.40. The Morgan fingerprint density at radius 3 is 2.07 bits per heavy atom. The Morgan fingerprint density at radius 2 is 1.48 bits per heavy atom. The first-order valence-electron chi connectivity index (χ1n) is 7.84. The Labute approximate surface area is 162 Å². The minimum absolute atomic E-state index is 0.0447. The van der Waals surface area contributed by atoms with Crippen LogP contribution in [0.2, 0.25) is 0 Å². The summed E-state index contributed by atoms with van der Waals surface area (Å²) in [5.74, 6) is -0.738. The van der Waals surface area contributed by atoms with Crippen molar-refractivity contribution in [3.8, 4) is 0 Å². The summed E-state index contributed by atoms with van der Waals surface area (Å²) in [6.07, 6.45) is -4.39. The first kappa shape index (κ1) is 20.9. The summed E-state index contributed by atoms with van der Waals surface area (Å²) < 4.78 is 41.0. The predicted octanol–water partition coefficient (Wildman–Crippen LogP) is 4.01. The lowest BCUT2D eigenvalue weighted by Gasteiger charge is -2.09. The van der Waals surface area contributed by atoms with E-state index in [0.717, 1.165) is 4.47 Å². The van der Waals surface area contributed by atoms with Crippen LogP contribution in [0.4, 0.5) is 18.9 Å². The van der Waals surface area contributed by atoms with Gasteiger partial charge in [0, 0.05) is 27.8 Å². The van der Waals surface area contributed by atoms with E-state index in [4.69, 9.17) is 0 Å². The van der Waals surface area contributed by atoms with Crippen LogP contribution in [0.1, 0.15) is 20.7 Å². The molecule has 2 rings (SSSR count). The minimum Gasteiger partial charge on any atom is -0.370 e. The Balaban J connectivity index is 1.81. The van der Waals surface area contributed by atoms with E-state index in [-0.39, 0.29) is 19.1 Å². The quantitative estimate of drug-likeness (QED) is 0.634. The van der Waals surface area contributed by atoms with Crippen molar-refractivity contribution in [1.29, 1.82) is 0 Å². The average Bonchev–Trinajstić information content (AvgIpc) is 2.61. The van der Waals surface area contributed by atoms with Gasteiger partial charge in [-0.1, -0.05) is 15.9 Å². The SMILES string of the molecule is O=C(NCCOCC(F)(F)F)c1ccc(NC(=O)c2ccc(Br)cc2)cc1. The third-order valence-electron chi connectivity index (χ3n) is 3.31. The van der Waals surface area contributed by atoms with Crippen molar-refractivity contribution in [2.24, 2.45) is 0 Å². The van der Waals surface area contributed by atoms with Crippen LogP contribution in [0.3, 0.4) is 0 Å². The largest absolute Gasteiger partial charge is 0.411 e. The fourth-order valence-electron chi connectivity index (χ4n) is 2.04. The molecule has 2 aromatic carbocycles. The Kier molecular flexibility index (Phi) is 7.37. The second kappa shape index (κ2) is 9.52. The van der Waals surface area contributed by atoms with E-state index < -0.39 is 18.7 Å². The van der Waals surface area contributed by atoms with Crippen molar-refractivity contribution in [3.05, 3.63) is 64.1 Å². The van der Waals surface area contributed by atoms with Crippen LogP contribution in [0.5, 0.6) is 0 Å². The molecule has 0 saturated heterocycles. The Hall–Kier alpha value is -2.39. The van der Waals surface area contributed by atoms with E-state index in [0.29, 0.717) is 16.8 Å². The van der Waals surface area contributed by atoms with Crippen LogP contribution >= 0.6 is 15.9 Å². The maximum atomic E-state index is 12.1. The van der Waals surface area contributed by atoms with Gasteiger partial charge in [0.15, 0.2) is 0 Å². The molecule has 0 radical (unpaired) electrons. The molecular formula is C18H16BrF3N2O3. The molecule has 2 N–H and O–H groups in total. The summed E-state index contributed by atoms with van der Waals surface area (Å²) in [4.78, 5) is 24.0. The van der Waals surface area contributed by atoms with Gasteiger partial charge in [-0.05, 0) is 48.5 Å². The number of amides is 2. The highest BCUT2D eigenvalue weighted by atomic mass is 79.9. The normalized spacial score (nSPS) is 11.1. The van der Waals surface area contributed by atoms with E-state index >= 15 is 0 Å². The molecule has 0 aromatic heterocycles. The summed E-state index contributed by atoms with van der Waals surface area (Å²) in [6.45, 7) is -1.64. The lowest BCUT2D eigenvalue weighted by Crippen LogP contribution is -2.28. The fourth-order valence-corrected chi connectivity index (χ4v) is 2.30. The van der Waals surface area contributed by atoms with Gasteiger partial charge in [0.25, 0.3) is 11.8 Å². The zero-order valence-electron chi connectivity index (χ0n) is 14.0. The molecule has 27 heavy (non-hydrogen) atoms. The molecule has 0 saturated carbocycles. The molecule has 0 bridgehead atoms. The van der Waals surface area contributed by atoms with Crippen LogP contribution in [0.25, 0.3) is 0 Å². The van der Waals surface area contributed by atoms with Crippen molar-refractivity contribution >= 4 is 33.4 Å². The van der Waals surface area contributed by atoms with Crippen molar-refractivity contribution in [1.82, 2.24) is 5.32 Å². The molecule has 9 heteroatoms. The van der Waals surface area contributed by atoms with Gasteiger partial charge in [0.2, 0.25) is 0 Å². The Morgan fingerprint density at radius 1 is 0.926 bits per heavy atom. The highest BCUT2D eigenvalue weighted by molar-refractivity contribution is 9.10. The third-order valence-corrected chi connectivity index (χ3v) is 3.84. The van der Waals surface area contributed by atoms with Crippen molar-refractivity contribution in [2.45, 2.75) is 6.18 Å². The molecule has 0 aliphatic rings. The molecule has 0 atom stereocenters. The fraction of sp³-hybridized carbons (Fsp3) is 0.222. The molecular weight excluding hydrogens is 429 g/mol. The molecule has 0 aliphatic heterocycles. The number of anilines is 1. The van der Waals surface area contributed by atoms with Gasteiger partial charge in [-0.2, -0.15) is 13.2 Å². The van der Waals surface area contributed by atoms with Crippen LogP contribution in [-0.4, -0.2) is 37.7 Å². The van der Waals surface area contributed by atoms with Gasteiger partial charge in [-0.25, -0.2) is 0 Å². The summed E-state index contributed by atoms with van der Waals surface area (Å²) in [7, 11) is 0. The standard InChI is InChI=1S/C18H16BrF3N2O3/c19-14-5-1-13(2-6-14)17(26)24-15-7-3-12(4-8-15)16(25)23-9-10-27-11-18(20,21)22/h1-8H,9-11H2,(H,23,25)(H,24,26). The van der Waals surface area contributed by atoms with Crippen LogP contribution in [0, 0.1) is 0 Å². The van der Waals surface area contributed by atoms with Gasteiger partial charge in [-0.15, -0.1) is 0 Å². The van der Waals surface area contributed by atoms with Gasteiger partial charge < -0.3 is 15.4 Å². The smallest absolute Gasteiger partial charge is 0.370 e. The number of benzene rings is 2. The molecule has 2 amide bonds. The number of alkyl halides is 3. The summed E-state index contributed by atoms with van der Waals surface area (Å²) in [6, 6.07) is 13.0. The topological polar surface area (TPSA) is 67.4 Å². The summed E-state index contributed by atoms with van der Waals surface area (Å²) in [5.41, 5.74) is 1.30. The maximum Gasteiger partial charge on any atom is 0.411 e. The van der Waals surface area contributed by atoms with Crippen LogP contribution in [0.15, 0.2) is 53.0 Å². The van der Waals surface area contributed by atoms with Gasteiger partial charge in [-0.3, -0.25) is 9.59 Å². The first-order valence-corrected chi connectivity index (χ1v) is 8.63. The van der Waals surface area contributed by atoms with Crippen LogP contribution < -0.4 is 10.6 Å². The first-order chi connectivity index (χ1) is 12.7. The van der Waals surface area contributed by atoms with Crippen molar-refractivity contribution < 1.29 is 27.5 Å². The van der Waals surface area contributed by atoms with Gasteiger partial charge in [0.05, 0.1) is 6.61 Å². The predicted molar refractivity (Wildman–Crippen MR) is 97.7 cm³/mol. The van der Waals surface area contributed by atoms with E-state index in [1.54, 1.807) is 36.4 Å². The minimum atomic E-state index is -4.39. The molecule has 0 unspecified atom stereocenters. The zero-order valence-corrected chi connectivity index (χ0v) is 15.6. The summed E-state index contributed by atoms with van der Waals surface area (Å²) in [5, 5.41) is 5.16. The number of hydrogen-bond acceptors (Lipinski definition) is 3. The highest BCUT2D eigenvalue weighted by Gasteiger charge is 2.27. The lowest BCUT2D eigenvalue weighted by atomic mass is 10.1. The van der Waals surface area contributed by atoms with E-state index in [2.05, 4.69) is 31.3 Å². The Bertz CT molecular complexity index is 778. The molecule has 0 fully saturated rings. The number of nitrogens with one attached hydrogen (secondary N) is 2. The second-order valence-electron chi connectivity index (χ2n) is 5.46. The van der Waals surface area contributed by atoms with E-state index in [9.17, 15) is 22.8 Å². The highest BCUT2D eigenvalue weighted by Crippen LogP contribution is 2.15. The zero-order chi connectivity index (χ0) is 19.9. The molecule has 0 spiro atoms. The molecule has 2 aromatic rings. The molecule has 0 heterocycles. The van der Waals surface area contributed by atoms with Gasteiger partial charge in [0.1, 0.15) is 6.61 Å². The lowest BCUT2D eigenvalue weighted by molar-refractivity contribution is -0.173. The number of carbonyl (C=O) groups is 2. The molecule has 144 valence electrons. The number of halogens is 4. The molecule has 5 nitrogen and oxygen atoms in total. The average molecular weight is 445 g/mol. The van der Waals surface area contributed by atoms with Crippen molar-refractivity contribution in [2.75, 3.05) is 25.1 Å². The maximum absolute atomic E-state index is 12.1. The number of rotatable bonds is 7. The van der Waals surface area contributed by atoms with Crippen LogP contribution in [-0.2, 0) is 4.74 Å². The monoisotopic (exact) mass is 444 g/mol. The van der Waals surface area contributed by atoms with E-state index in [1.807, 2.05) is 0 Å².